The number of hydrogen-bond acceptors (Lipinski definition) is 3. The van der Waals surface area contributed by atoms with E-state index in [9.17, 15) is 4.79 Å². The van der Waals surface area contributed by atoms with Gasteiger partial charge < -0.3 is 15.8 Å². The molecule has 0 fully saturated rings. The van der Waals surface area contributed by atoms with Gasteiger partial charge in [0.05, 0.1) is 12.6 Å². The third kappa shape index (κ3) is 6.17. The smallest absolute Gasteiger partial charge is 0.237 e. The van der Waals surface area contributed by atoms with E-state index in [4.69, 9.17) is 10.5 Å². The summed E-state index contributed by atoms with van der Waals surface area (Å²) < 4.78 is 5.55. The number of carbonyl (C=O) groups excluding carboxylic acids is 1. The molecule has 1 rings (SSSR count). The van der Waals surface area contributed by atoms with Gasteiger partial charge in [0.15, 0.2) is 0 Å². The molecule has 0 saturated carbocycles. The standard InChI is InChI=1S/C16H26N2O2/c1-16(2,3)14(17)15(19)18-10-7-11-20-12-13-8-5-4-6-9-13/h4-6,8-9,14H,7,10-12,17H2,1-3H3,(H,18,19). The summed E-state index contributed by atoms with van der Waals surface area (Å²) in [5, 5.41) is 2.84. The van der Waals surface area contributed by atoms with Crippen LogP contribution in [0.2, 0.25) is 0 Å². The molecule has 1 amide bonds. The van der Waals surface area contributed by atoms with Gasteiger partial charge in [-0.15, -0.1) is 0 Å². The van der Waals surface area contributed by atoms with Gasteiger partial charge in [-0.05, 0) is 17.4 Å². The van der Waals surface area contributed by atoms with Crippen molar-refractivity contribution in [1.82, 2.24) is 5.32 Å². The van der Waals surface area contributed by atoms with E-state index < -0.39 is 6.04 Å². The Balaban J connectivity index is 2.09. The number of hydrogen-bond donors (Lipinski definition) is 2. The van der Waals surface area contributed by atoms with Crippen molar-refractivity contribution in [2.75, 3.05) is 13.2 Å². The summed E-state index contributed by atoms with van der Waals surface area (Å²) in [7, 11) is 0. The molecule has 1 aromatic carbocycles. The lowest BCUT2D eigenvalue weighted by Crippen LogP contribution is -2.48. The summed E-state index contributed by atoms with van der Waals surface area (Å²) in [5.41, 5.74) is 6.81. The van der Waals surface area contributed by atoms with Crippen LogP contribution < -0.4 is 11.1 Å². The molecular weight excluding hydrogens is 252 g/mol. The fourth-order valence-electron chi connectivity index (χ4n) is 1.65. The van der Waals surface area contributed by atoms with Crippen molar-refractivity contribution in [2.45, 2.75) is 39.8 Å². The van der Waals surface area contributed by atoms with Gasteiger partial charge in [0.2, 0.25) is 5.91 Å². The number of nitrogens with two attached hydrogens (primary N) is 1. The third-order valence-corrected chi connectivity index (χ3v) is 3.09. The highest BCUT2D eigenvalue weighted by atomic mass is 16.5. The van der Waals surface area contributed by atoms with Crippen LogP contribution in [0.4, 0.5) is 0 Å². The lowest BCUT2D eigenvalue weighted by molar-refractivity contribution is -0.124. The molecule has 0 aliphatic heterocycles. The van der Waals surface area contributed by atoms with Crippen LogP contribution in [-0.2, 0) is 16.1 Å². The van der Waals surface area contributed by atoms with Crippen LogP contribution in [-0.4, -0.2) is 25.1 Å². The first kappa shape index (κ1) is 16.7. The highest BCUT2D eigenvalue weighted by molar-refractivity contribution is 5.82. The molecule has 0 aliphatic rings. The molecule has 0 aromatic heterocycles. The van der Waals surface area contributed by atoms with E-state index in [2.05, 4.69) is 5.32 Å². The molecule has 112 valence electrons. The molecule has 4 nitrogen and oxygen atoms in total. The molecular formula is C16H26N2O2. The van der Waals surface area contributed by atoms with Crippen LogP contribution in [0.1, 0.15) is 32.8 Å². The van der Waals surface area contributed by atoms with Crippen molar-refractivity contribution in [3.63, 3.8) is 0 Å². The summed E-state index contributed by atoms with van der Waals surface area (Å²) >= 11 is 0. The van der Waals surface area contributed by atoms with E-state index in [0.29, 0.717) is 19.8 Å². The van der Waals surface area contributed by atoms with Crippen molar-refractivity contribution in [2.24, 2.45) is 11.1 Å². The number of rotatable bonds is 7. The Labute approximate surface area is 121 Å². The number of carbonyl (C=O) groups is 1. The van der Waals surface area contributed by atoms with Gasteiger partial charge in [-0.1, -0.05) is 51.1 Å². The number of ether oxygens (including phenoxy) is 1. The van der Waals surface area contributed by atoms with Crippen LogP contribution in [0.15, 0.2) is 30.3 Å². The number of nitrogens with one attached hydrogen (secondary N) is 1. The molecule has 1 aromatic rings. The maximum absolute atomic E-state index is 11.8. The van der Waals surface area contributed by atoms with Gasteiger partial charge in [-0.25, -0.2) is 0 Å². The van der Waals surface area contributed by atoms with Gasteiger partial charge in [-0.3, -0.25) is 4.79 Å². The van der Waals surface area contributed by atoms with Gasteiger partial charge in [0, 0.05) is 13.2 Å². The number of benzene rings is 1. The lowest BCUT2D eigenvalue weighted by Gasteiger charge is -2.25. The summed E-state index contributed by atoms with van der Waals surface area (Å²) in [5.74, 6) is -0.0967. The molecule has 0 bridgehead atoms. The van der Waals surface area contributed by atoms with Crippen LogP contribution in [0.5, 0.6) is 0 Å². The first-order chi connectivity index (χ1) is 9.41. The van der Waals surface area contributed by atoms with Crippen molar-refractivity contribution in [1.29, 1.82) is 0 Å². The molecule has 20 heavy (non-hydrogen) atoms. The molecule has 4 heteroatoms. The van der Waals surface area contributed by atoms with E-state index in [0.717, 1.165) is 12.0 Å². The van der Waals surface area contributed by atoms with Crippen LogP contribution in [0.3, 0.4) is 0 Å². The topological polar surface area (TPSA) is 64.4 Å². The zero-order valence-corrected chi connectivity index (χ0v) is 12.7. The molecule has 1 unspecified atom stereocenters. The minimum atomic E-state index is -0.479. The summed E-state index contributed by atoms with van der Waals surface area (Å²) in [6.07, 6.45) is 0.787. The normalized spacial score (nSPS) is 13.0. The molecule has 0 saturated heterocycles. The predicted molar refractivity (Wildman–Crippen MR) is 81.2 cm³/mol. The monoisotopic (exact) mass is 278 g/mol. The molecule has 0 radical (unpaired) electrons. The Kier molecular flexibility index (Phi) is 6.68. The lowest BCUT2D eigenvalue weighted by atomic mass is 9.87. The quantitative estimate of drug-likeness (QED) is 0.751. The molecule has 0 spiro atoms. The van der Waals surface area contributed by atoms with Crippen LogP contribution in [0.25, 0.3) is 0 Å². The van der Waals surface area contributed by atoms with Gasteiger partial charge in [0.1, 0.15) is 0 Å². The van der Waals surface area contributed by atoms with Crippen molar-refractivity contribution >= 4 is 5.91 Å². The van der Waals surface area contributed by atoms with Gasteiger partial charge in [-0.2, -0.15) is 0 Å². The molecule has 1 atom stereocenters. The second-order valence-corrected chi connectivity index (χ2v) is 6.03. The highest BCUT2D eigenvalue weighted by Crippen LogP contribution is 2.16. The van der Waals surface area contributed by atoms with E-state index in [1.807, 2.05) is 51.1 Å². The number of amides is 1. The average Bonchev–Trinajstić information content (AvgIpc) is 2.41. The van der Waals surface area contributed by atoms with E-state index in [1.165, 1.54) is 0 Å². The van der Waals surface area contributed by atoms with Crippen LogP contribution in [0, 0.1) is 5.41 Å². The summed E-state index contributed by atoms with van der Waals surface area (Å²) in [4.78, 5) is 11.8. The van der Waals surface area contributed by atoms with Crippen LogP contribution >= 0.6 is 0 Å². The minimum Gasteiger partial charge on any atom is -0.377 e. The van der Waals surface area contributed by atoms with E-state index in [1.54, 1.807) is 0 Å². The first-order valence-electron chi connectivity index (χ1n) is 7.06. The summed E-state index contributed by atoms with van der Waals surface area (Å²) in [6, 6.07) is 9.55. The maximum Gasteiger partial charge on any atom is 0.237 e. The Morgan fingerprint density at radius 1 is 1.30 bits per heavy atom. The highest BCUT2D eigenvalue weighted by Gasteiger charge is 2.26. The van der Waals surface area contributed by atoms with E-state index in [-0.39, 0.29) is 11.3 Å². The third-order valence-electron chi connectivity index (χ3n) is 3.09. The van der Waals surface area contributed by atoms with Crippen molar-refractivity contribution in [3.8, 4) is 0 Å². The van der Waals surface area contributed by atoms with Crippen molar-refractivity contribution < 1.29 is 9.53 Å². The van der Waals surface area contributed by atoms with Gasteiger partial charge >= 0.3 is 0 Å². The Morgan fingerprint density at radius 3 is 2.55 bits per heavy atom. The zero-order chi connectivity index (χ0) is 15.0. The Bertz CT molecular complexity index is 399. The Hall–Kier alpha value is -1.39. The fraction of sp³-hybridized carbons (Fsp3) is 0.562. The Morgan fingerprint density at radius 2 is 1.95 bits per heavy atom. The zero-order valence-electron chi connectivity index (χ0n) is 12.7. The average molecular weight is 278 g/mol. The summed E-state index contributed by atoms with van der Waals surface area (Å²) in [6.45, 7) is 7.70. The predicted octanol–water partition coefficient (Wildman–Crippen LogP) is 2.08. The molecule has 0 aliphatic carbocycles. The van der Waals surface area contributed by atoms with E-state index >= 15 is 0 Å². The molecule has 3 N–H and O–H groups in total. The second-order valence-electron chi connectivity index (χ2n) is 6.03. The SMILES string of the molecule is CC(C)(C)C(N)C(=O)NCCCOCc1ccccc1. The minimum absolute atomic E-state index is 0.0967. The van der Waals surface area contributed by atoms with Gasteiger partial charge in [0.25, 0.3) is 0 Å². The largest absolute Gasteiger partial charge is 0.377 e. The maximum atomic E-state index is 11.8. The first-order valence-corrected chi connectivity index (χ1v) is 7.06. The fourth-order valence-corrected chi connectivity index (χ4v) is 1.65. The second kappa shape index (κ2) is 8.02. The van der Waals surface area contributed by atoms with Crippen molar-refractivity contribution in [3.05, 3.63) is 35.9 Å². The molecule has 0 heterocycles.